The predicted octanol–water partition coefficient (Wildman–Crippen LogP) is 19.8. The summed E-state index contributed by atoms with van der Waals surface area (Å²) >= 11 is 0. The minimum Gasteiger partial charge on any atom is -0.494 e. The minimum atomic E-state index is -0.820. The molecule has 20 heteroatoms. The highest BCUT2D eigenvalue weighted by molar-refractivity contribution is 5.97. The van der Waals surface area contributed by atoms with Crippen LogP contribution in [-0.2, 0) is 34.5 Å². The molecular weight excluding hydrogens is 1420 g/mol. The molecular formula is C92H106N4O16. The van der Waals surface area contributed by atoms with Gasteiger partial charge in [0.15, 0.2) is 23.5 Å². The third-order valence-electron chi connectivity index (χ3n) is 20.6. The van der Waals surface area contributed by atoms with Gasteiger partial charge < -0.3 is 58.6 Å². The van der Waals surface area contributed by atoms with Gasteiger partial charge in [-0.3, -0.25) is 18.7 Å². The molecule has 0 aliphatic carbocycles. The van der Waals surface area contributed by atoms with Crippen molar-refractivity contribution in [3.05, 3.63) is 214 Å². The number of ether oxygens (including phenoxy) is 6. The van der Waals surface area contributed by atoms with Crippen LogP contribution < -0.4 is 28.4 Å². The van der Waals surface area contributed by atoms with E-state index in [9.17, 15) is 49.2 Å². The largest absolute Gasteiger partial charge is 0.494 e. The third-order valence-corrected chi connectivity index (χ3v) is 20.6. The number of nitrogens with zero attached hydrogens (tertiary/aromatic N) is 4. The number of esters is 4. The van der Waals surface area contributed by atoms with Crippen LogP contribution in [0.15, 0.2) is 170 Å². The number of likely N-dealkylation sites (tertiary alicyclic amines) is 2. The number of benzene rings is 7. The summed E-state index contributed by atoms with van der Waals surface area (Å²) in [6.07, 6.45) is 13.8. The number of hydrogen-bond acceptors (Lipinski definition) is 16. The second-order valence-electron chi connectivity index (χ2n) is 31.4. The normalized spacial score (nSPS) is 13.6. The smallest absolute Gasteiger partial charge is 0.343 e. The van der Waals surface area contributed by atoms with E-state index >= 15 is 0 Å². The first-order valence-corrected chi connectivity index (χ1v) is 39.6. The van der Waals surface area contributed by atoms with Crippen LogP contribution in [0.1, 0.15) is 240 Å². The summed E-state index contributed by atoms with van der Waals surface area (Å²) in [6.45, 7) is 19.2. The van der Waals surface area contributed by atoms with Crippen molar-refractivity contribution in [3.63, 3.8) is 0 Å². The SMILES string of the molecule is CCCCCCCCCn1c(O)c(CC(c2c(C(C)(C)C)c(O)n(CCCCCCOc3ccc(-c4ccc(OC(=O)c5ccc(OC(=O)c6cccc(C(=O)Oc7ccc(C(=O)Oc8ccc(-c9ccc(OCCC)cc9)cc8)cc7)c6)cc5)cc4)cc3)c2O)N2CCCC2=O)c(C(CC(C)(C)C)N2CCCC2=O)c1O. The van der Waals surface area contributed by atoms with Crippen LogP contribution in [0.5, 0.6) is 58.0 Å². The van der Waals surface area contributed by atoms with E-state index in [1.807, 2.05) is 98.5 Å². The van der Waals surface area contributed by atoms with E-state index in [4.69, 9.17) is 28.4 Å². The van der Waals surface area contributed by atoms with Crippen molar-refractivity contribution in [1.29, 1.82) is 0 Å². The van der Waals surface area contributed by atoms with Gasteiger partial charge in [-0.25, -0.2) is 19.2 Å². The highest BCUT2D eigenvalue weighted by atomic mass is 16.5. The molecule has 11 rings (SSSR count). The van der Waals surface area contributed by atoms with Crippen LogP contribution in [0.2, 0.25) is 0 Å². The number of carbonyl (C=O) groups excluding carboxylic acids is 6. The molecule has 0 spiro atoms. The van der Waals surface area contributed by atoms with Gasteiger partial charge in [0, 0.05) is 67.7 Å². The molecule has 0 radical (unpaired) electrons. The first-order valence-electron chi connectivity index (χ1n) is 39.6. The summed E-state index contributed by atoms with van der Waals surface area (Å²) in [4.78, 5) is 84.2. The molecule has 2 saturated heterocycles. The molecule has 2 unspecified atom stereocenters. The molecule has 4 heterocycles. The lowest BCUT2D eigenvalue weighted by atomic mass is 9.81. The van der Waals surface area contributed by atoms with E-state index in [1.54, 1.807) is 38.3 Å². The fourth-order valence-electron chi connectivity index (χ4n) is 14.8. The first kappa shape index (κ1) is 81.7. The molecule has 112 heavy (non-hydrogen) atoms. The number of rotatable bonds is 36. The molecule has 2 amide bonds. The Morgan fingerprint density at radius 3 is 1.19 bits per heavy atom. The van der Waals surface area contributed by atoms with Crippen molar-refractivity contribution < 1.29 is 77.6 Å². The molecule has 7 aromatic carbocycles. The van der Waals surface area contributed by atoms with Crippen molar-refractivity contribution in [2.45, 2.75) is 202 Å². The first-order chi connectivity index (χ1) is 53.9. The molecule has 20 nitrogen and oxygen atoms in total. The molecule has 9 aromatic rings. The van der Waals surface area contributed by atoms with Gasteiger partial charge in [-0.2, -0.15) is 0 Å². The van der Waals surface area contributed by atoms with Crippen LogP contribution in [0, 0.1) is 5.41 Å². The second kappa shape index (κ2) is 37.6. The van der Waals surface area contributed by atoms with Crippen molar-refractivity contribution in [2.75, 3.05) is 26.3 Å². The molecule has 2 aromatic heterocycles. The molecule has 2 fully saturated rings. The summed E-state index contributed by atoms with van der Waals surface area (Å²) in [5.74, 6) is -0.696. The van der Waals surface area contributed by atoms with Crippen LogP contribution in [0.3, 0.4) is 0 Å². The molecule has 2 aliphatic heterocycles. The number of hydrogen-bond donors (Lipinski definition) is 4. The maximum absolute atomic E-state index is 14.1. The Bertz CT molecular complexity index is 4700. The number of aromatic hydroxyl groups is 4. The van der Waals surface area contributed by atoms with Crippen LogP contribution in [0.25, 0.3) is 22.3 Å². The van der Waals surface area contributed by atoms with Gasteiger partial charge in [-0.1, -0.05) is 161 Å². The average molecular weight is 1520 g/mol. The third kappa shape index (κ3) is 20.8. The van der Waals surface area contributed by atoms with Crippen molar-refractivity contribution in [2.24, 2.45) is 5.41 Å². The van der Waals surface area contributed by atoms with Gasteiger partial charge in [0.05, 0.1) is 47.6 Å². The summed E-state index contributed by atoms with van der Waals surface area (Å²) in [7, 11) is 0. The summed E-state index contributed by atoms with van der Waals surface area (Å²) < 4.78 is 37.4. The fraction of sp³-hybridized carbons (Fsp3) is 0.391. The zero-order valence-corrected chi connectivity index (χ0v) is 65.8. The fourth-order valence-corrected chi connectivity index (χ4v) is 14.8. The topological polar surface area (TPSA) is 255 Å². The summed E-state index contributed by atoms with van der Waals surface area (Å²) in [5, 5.41) is 49.8. The number of carbonyl (C=O) groups is 6. The summed E-state index contributed by atoms with van der Waals surface area (Å²) in [5.41, 5.74) is 5.24. The molecule has 2 atom stereocenters. The van der Waals surface area contributed by atoms with Gasteiger partial charge >= 0.3 is 23.9 Å². The van der Waals surface area contributed by atoms with E-state index in [2.05, 4.69) is 34.6 Å². The zero-order chi connectivity index (χ0) is 79.6. The predicted molar refractivity (Wildman–Crippen MR) is 430 cm³/mol. The van der Waals surface area contributed by atoms with Crippen LogP contribution in [0.4, 0.5) is 0 Å². The Labute approximate surface area is 656 Å². The molecule has 0 bridgehead atoms. The number of unbranched alkanes of at least 4 members (excludes halogenated alkanes) is 9. The Hall–Kier alpha value is -11.3. The molecule has 2 aliphatic rings. The maximum Gasteiger partial charge on any atom is 0.343 e. The molecule has 590 valence electrons. The Morgan fingerprint density at radius 1 is 0.402 bits per heavy atom. The average Bonchev–Trinajstić information content (AvgIpc) is 1.58. The highest BCUT2D eigenvalue weighted by Gasteiger charge is 2.44. The van der Waals surface area contributed by atoms with E-state index in [0.717, 1.165) is 85.8 Å². The van der Waals surface area contributed by atoms with Crippen LogP contribution in [-0.4, -0.2) is 101 Å². The number of amides is 2. The van der Waals surface area contributed by atoms with Gasteiger partial charge in [-0.05, 0) is 193 Å². The monoisotopic (exact) mass is 1520 g/mol. The number of aromatic nitrogens is 2. The minimum absolute atomic E-state index is 0.00497. The van der Waals surface area contributed by atoms with Crippen molar-refractivity contribution >= 4 is 35.7 Å². The van der Waals surface area contributed by atoms with Gasteiger partial charge in [0.1, 0.15) is 34.5 Å². The summed E-state index contributed by atoms with van der Waals surface area (Å²) in [6, 6.07) is 46.0. The van der Waals surface area contributed by atoms with Gasteiger partial charge in [-0.15, -0.1) is 0 Å². The van der Waals surface area contributed by atoms with Crippen LogP contribution >= 0.6 is 0 Å². The standard InChI is InChI=1S/C92H106N4O16/c1-9-11-12-13-14-15-18-52-95-83(99)75(80(84(95)100)77(60-91(3,4)5)94-55-23-27-79(94)98)59-76(93-54-22-26-78(93)97)81-82(92(6,7)8)86(102)96(85(81)101)53-19-16-17-20-57-108-70-42-30-62(31-43-70)64-34-46-72(47-35-64)110-88(104)66-38-50-74(51-39-66)112-90(106)68-25-21-24-67(58-68)89(105)111-73-48-36-65(37-49-73)87(103)109-71-44-32-63(33-45-71)61-28-40-69(41-29-61)107-56-10-2/h21,24-25,28-51,58,76-77,99-102H,9-20,22-23,26-27,52-57,59-60H2,1-8H3. The lowest BCUT2D eigenvalue weighted by Crippen LogP contribution is -2.34. The van der Waals surface area contributed by atoms with Gasteiger partial charge in [0.2, 0.25) is 11.8 Å². The second-order valence-corrected chi connectivity index (χ2v) is 31.4. The highest BCUT2D eigenvalue weighted by Crippen LogP contribution is 2.52. The van der Waals surface area contributed by atoms with E-state index in [0.29, 0.717) is 117 Å². The van der Waals surface area contributed by atoms with Crippen molar-refractivity contribution in [3.8, 4) is 80.3 Å². The quantitative estimate of drug-likeness (QED) is 0.0162. The van der Waals surface area contributed by atoms with E-state index in [-0.39, 0.29) is 80.9 Å². The van der Waals surface area contributed by atoms with Crippen molar-refractivity contribution in [1.82, 2.24) is 18.9 Å². The molecule has 0 saturated carbocycles. The Morgan fingerprint density at radius 2 is 0.777 bits per heavy atom. The lowest BCUT2D eigenvalue weighted by molar-refractivity contribution is -0.130. The zero-order valence-electron chi connectivity index (χ0n) is 65.8. The molecule has 4 N–H and O–H groups in total. The van der Waals surface area contributed by atoms with E-state index in [1.165, 1.54) is 85.6 Å². The van der Waals surface area contributed by atoms with E-state index < -0.39 is 41.4 Å². The Balaban J connectivity index is 0.637. The Kier molecular flexibility index (Phi) is 27.4. The maximum atomic E-state index is 14.1. The lowest BCUT2D eigenvalue weighted by Gasteiger charge is -2.35. The van der Waals surface area contributed by atoms with Gasteiger partial charge in [0.25, 0.3) is 0 Å².